The van der Waals surface area contributed by atoms with Gasteiger partial charge in [0.25, 0.3) is 0 Å². The molecule has 0 spiro atoms. The molecular weight excluding hydrogens is 286 g/mol. The fourth-order valence-corrected chi connectivity index (χ4v) is 2.00. The second-order valence-electron chi connectivity index (χ2n) is 5.34. The van der Waals surface area contributed by atoms with Gasteiger partial charge in [0.15, 0.2) is 6.10 Å². The van der Waals surface area contributed by atoms with E-state index < -0.39 is 48.6 Å². The third-order valence-corrected chi connectivity index (χ3v) is 3.09. The quantitative estimate of drug-likeness (QED) is 0.410. The van der Waals surface area contributed by atoms with Crippen molar-refractivity contribution >= 4 is 11.9 Å². The Morgan fingerprint density at radius 3 is 2.24 bits per heavy atom. The molecule has 0 radical (unpaired) electrons. The normalized spacial score (nSPS) is 34.5. The molecule has 1 rings (SSSR count). The van der Waals surface area contributed by atoms with Crippen LogP contribution < -0.4 is 0 Å². The van der Waals surface area contributed by atoms with Gasteiger partial charge >= 0.3 is 11.9 Å². The molecule has 6 unspecified atom stereocenters. The number of rotatable bonds is 5. The Bertz CT molecular complexity index is 387. The Kier molecular flexibility index (Phi) is 6.05. The molecule has 0 bridgehead atoms. The molecule has 6 atom stereocenters. The van der Waals surface area contributed by atoms with E-state index in [-0.39, 0.29) is 0 Å². The van der Waals surface area contributed by atoms with Crippen LogP contribution in [0.1, 0.15) is 6.92 Å². The van der Waals surface area contributed by atoms with Gasteiger partial charge in [-0.15, -0.1) is 0 Å². The van der Waals surface area contributed by atoms with Crippen LogP contribution in [0.3, 0.4) is 0 Å². The van der Waals surface area contributed by atoms with Crippen LogP contribution in [0, 0.1) is 5.92 Å². The molecule has 1 aliphatic heterocycles. The van der Waals surface area contributed by atoms with Crippen molar-refractivity contribution in [2.24, 2.45) is 5.92 Å². The maximum absolute atomic E-state index is 11.8. The summed E-state index contributed by atoms with van der Waals surface area (Å²) in [6.07, 6.45) is -8.77. The summed E-state index contributed by atoms with van der Waals surface area (Å²) in [7, 11) is 3.52. The lowest BCUT2D eigenvalue weighted by Gasteiger charge is -2.38. The van der Waals surface area contributed by atoms with Crippen LogP contribution in [0.25, 0.3) is 0 Å². The Labute approximate surface area is 121 Å². The average Bonchev–Trinajstić information content (AvgIpc) is 2.38. The summed E-state index contributed by atoms with van der Waals surface area (Å²) in [5.41, 5.74) is 0. The second-order valence-corrected chi connectivity index (χ2v) is 5.34. The molecule has 0 aromatic rings. The highest BCUT2D eigenvalue weighted by Gasteiger charge is 2.48. The first-order valence-electron chi connectivity index (χ1n) is 6.42. The van der Waals surface area contributed by atoms with Gasteiger partial charge in [-0.05, 0) is 14.1 Å². The Hall–Kier alpha value is -1.26. The molecule has 0 saturated carbocycles. The van der Waals surface area contributed by atoms with E-state index in [0.29, 0.717) is 6.54 Å². The number of carboxylic acid groups (broad SMARTS) is 1. The molecule has 1 aliphatic rings. The van der Waals surface area contributed by atoms with E-state index in [1.54, 1.807) is 25.9 Å². The van der Waals surface area contributed by atoms with Gasteiger partial charge in [0.05, 0.1) is 5.92 Å². The van der Waals surface area contributed by atoms with Crippen molar-refractivity contribution in [1.82, 2.24) is 4.90 Å². The summed E-state index contributed by atoms with van der Waals surface area (Å²) in [4.78, 5) is 24.5. The molecule has 9 nitrogen and oxygen atoms in total. The molecule has 1 fully saturated rings. The second kappa shape index (κ2) is 7.14. The van der Waals surface area contributed by atoms with Gasteiger partial charge in [-0.3, -0.25) is 4.79 Å². The highest BCUT2D eigenvalue weighted by molar-refractivity contribution is 5.74. The van der Waals surface area contributed by atoms with Gasteiger partial charge in [-0.1, -0.05) is 6.92 Å². The average molecular weight is 307 g/mol. The van der Waals surface area contributed by atoms with Crippen LogP contribution in [0.2, 0.25) is 0 Å². The maximum atomic E-state index is 11.8. The van der Waals surface area contributed by atoms with Crippen molar-refractivity contribution in [3.63, 3.8) is 0 Å². The molecule has 1 heterocycles. The fraction of sp³-hybridized carbons (Fsp3) is 0.833. The van der Waals surface area contributed by atoms with Crippen LogP contribution in [0.15, 0.2) is 0 Å². The van der Waals surface area contributed by atoms with Crippen LogP contribution in [0.5, 0.6) is 0 Å². The van der Waals surface area contributed by atoms with E-state index in [1.807, 2.05) is 0 Å². The zero-order valence-corrected chi connectivity index (χ0v) is 12.0. The Morgan fingerprint density at radius 1 is 1.19 bits per heavy atom. The Balaban J connectivity index is 2.72. The third kappa shape index (κ3) is 4.35. The molecule has 0 aliphatic carbocycles. The van der Waals surface area contributed by atoms with E-state index >= 15 is 0 Å². The number of hydrogen-bond acceptors (Lipinski definition) is 8. The van der Waals surface area contributed by atoms with E-state index in [4.69, 9.17) is 14.6 Å². The standard InChI is InChI=1S/C12H21NO8/c1-5(4-13(2)3)11(19)21-12-8(16)6(14)7(15)9(20-12)10(17)18/h5-9,12,14-16H,4H2,1-3H3,(H,17,18). The van der Waals surface area contributed by atoms with Gasteiger partial charge in [-0.25, -0.2) is 4.79 Å². The number of nitrogens with zero attached hydrogens (tertiary/aromatic N) is 1. The van der Waals surface area contributed by atoms with Crippen molar-refractivity contribution in [2.75, 3.05) is 20.6 Å². The maximum Gasteiger partial charge on any atom is 0.335 e. The van der Waals surface area contributed by atoms with Crippen molar-refractivity contribution < 1.29 is 39.5 Å². The molecule has 4 N–H and O–H groups in total. The minimum atomic E-state index is -1.81. The minimum Gasteiger partial charge on any atom is -0.479 e. The fourth-order valence-electron chi connectivity index (χ4n) is 2.00. The lowest BCUT2D eigenvalue weighted by atomic mass is 9.99. The van der Waals surface area contributed by atoms with Crippen LogP contribution in [-0.2, 0) is 19.1 Å². The number of aliphatic carboxylic acids is 1. The summed E-state index contributed by atoms with van der Waals surface area (Å²) in [6.45, 7) is 1.98. The van der Waals surface area contributed by atoms with Gasteiger partial charge in [0, 0.05) is 6.54 Å². The van der Waals surface area contributed by atoms with Crippen molar-refractivity contribution in [3.8, 4) is 0 Å². The SMILES string of the molecule is CC(CN(C)C)C(=O)OC1OC(C(=O)O)C(O)C(O)C1O. The molecule has 9 heteroatoms. The Morgan fingerprint density at radius 2 is 1.76 bits per heavy atom. The van der Waals surface area contributed by atoms with E-state index in [9.17, 15) is 24.9 Å². The molecule has 21 heavy (non-hydrogen) atoms. The lowest BCUT2D eigenvalue weighted by Crippen LogP contribution is -2.60. The molecule has 1 saturated heterocycles. The zero-order valence-electron chi connectivity index (χ0n) is 12.0. The van der Waals surface area contributed by atoms with Gasteiger partial charge in [0.1, 0.15) is 18.3 Å². The van der Waals surface area contributed by atoms with Gasteiger partial charge in [-0.2, -0.15) is 0 Å². The number of carbonyl (C=O) groups excluding carboxylic acids is 1. The predicted molar refractivity (Wildman–Crippen MR) is 68.1 cm³/mol. The number of carbonyl (C=O) groups is 2. The topological polar surface area (TPSA) is 137 Å². The van der Waals surface area contributed by atoms with E-state index in [1.165, 1.54) is 0 Å². The highest BCUT2D eigenvalue weighted by Crippen LogP contribution is 2.23. The molecule has 122 valence electrons. The van der Waals surface area contributed by atoms with Gasteiger partial charge in [0.2, 0.25) is 6.29 Å². The number of aliphatic hydroxyl groups is 3. The van der Waals surface area contributed by atoms with Gasteiger partial charge < -0.3 is 34.8 Å². The number of esters is 1. The summed E-state index contributed by atoms with van der Waals surface area (Å²) < 4.78 is 9.75. The van der Waals surface area contributed by atoms with Crippen molar-refractivity contribution in [3.05, 3.63) is 0 Å². The summed E-state index contributed by atoms with van der Waals surface area (Å²) in [5.74, 6) is -2.78. The van der Waals surface area contributed by atoms with E-state index in [2.05, 4.69) is 0 Å². The highest BCUT2D eigenvalue weighted by atomic mass is 16.7. The van der Waals surface area contributed by atoms with Crippen LogP contribution in [0.4, 0.5) is 0 Å². The monoisotopic (exact) mass is 307 g/mol. The van der Waals surface area contributed by atoms with Crippen molar-refractivity contribution in [1.29, 1.82) is 0 Å². The number of ether oxygens (including phenoxy) is 2. The smallest absolute Gasteiger partial charge is 0.335 e. The van der Waals surface area contributed by atoms with Crippen molar-refractivity contribution in [2.45, 2.75) is 37.6 Å². The molecule has 0 aromatic heterocycles. The number of aliphatic hydroxyl groups excluding tert-OH is 3. The first-order valence-corrected chi connectivity index (χ1v) is 6.42. The minimum absolute atomic E-state index is 0.384. The first-order chi connectivity index (χ1) is 9.65. The predicted octanol–water partition coefficient (Wildman–Crippen LogP) is -2.38. The summed E-state index contributed by atoms with van der Waals surface area (Å²) in [6, 6.07) is 0. The molecular formula is C12H21NO8. The summed E-state index contributed by atoms with van der Waals surface area (Å²) >= 11 is 0. The lowest BCUT2D eigenvalue weighted by molar-refractivity contribution is -0.287. The van der Waals surface area contributed by atoms with Crippen LogP contribution in [-0.4, -0.2) is 88.6 Å². The number of hydrogen-bond donors (Lipinski definition) is 4. The largest absolute Gasteiger partial charge is 0.479 e. The molecule has 0 amide bonds. The van der Waals surface area contributed by atoms with E-state index in [0.717, 1.165) is 0 Å². The number of carboxylic acids is 1. The molecule has 0 aromatic carbocycles. The summed E-state index contributed by atoms with van der Waals surface area (Å²) in [5, 5.41) is 37.7. The third-order valence-electron chi connectivity index (χ3n) is 3.09. The zero-order chi connectivity index (χ0) is 16.3. The van der Waals surface area contributed by atoms with Crippen LogP contribution >= 0.6 is 0 Å². The first kappa shape index (κ1) is 17.8.